The summed E-state index contributed by atoms with van der Waals surface area (Å²) in [5.74, 6) is 0. The van der Waals surface area contributed by atoms with Gasteiger partial charge in [-0.3, -0.25) is 19.6 Å². The maximum atomic E-state index is 11.6. The molecule has 70 valence electrons. The number of nitrogens with one attached hydrogen (secondary N) is 1. The molecule has 0 aliphatic carbocycles. The molecule has 0 amide bonds. The first-order valence-corrected chi connectivity index (χ1v) is 4.00. The van der Waals surface area contributed by atoms with Crippen molar-refractivity contribution >= 4 is 12.4 Å². The Labute approximate surface area is 76.6 Å². The third kappa shape index (κ3) is 1.47. The van der Waals surface area contributed by atoms with Gasteiger partial charge in [0.05, 0.1) is 11.3 Å². The number of aliphatic imine (C=N–C) groups is 1. The van der Waals surface area contributed by atoms with E-state index in [0.29, 0.717) is 11.3 Å². The average Bonchev–Trinajstić information content (AvgIpc) is 2.34. The zero-order valence-electron chi connectivity index (χ0n) is 8.09. The highest BCUT2D eigenvalue weighted by Crippen LogP contribution is 2.13. The molecule has 4 heteroatoms. The maximum absolute atomic E-state index is 11.6. The molecule has 1 heterocycles. The van der Waals surface area contributed by atoms with Crippen LogP contribution in [0.3, 0.4) is 0 Å². The van der Waals surface area contributed by atoms with Gasteiger partial charge >= 0.3 is 0 Å². The molecule has 0 saturated carbocycles. The molecule has 1 aromatic rings. The summed E-state index contributed by atoms with van der Waals surface area (Å²) in [5.41, 5.74) is 1.96. The van der Waals surface area contributed by atoms with Crippen LogP contribution in [-0.4, -0.2) is 16.5 Å². The van der Waals surface area contributed by atoms with Crippen molar-refractivity contribution in [2.75, 3.05) is 0 Å². The van der Waals surface area contributed by atoms with Gasteiger partial charge in [0, 0.05) is 12.7 Å². The van der Waals surface area contributed by atoms with Crippen LogP contribution in [0.2, 0.25) is 0 Å². The quantitative estimate of drug-likeness (QED) is 0.678. The third-order valence-corrected chi connectivity index (χ3v) is 1.93. The molecule has 0 atom stereocenters. The van der Waals surface area contributed by atoms with E-state index < -0.39 is 0 Å². The summed E-state index contributed by atoms with van der Waals surface area (Å²) in [6, 6.07) is 0. The van der Waals surface area contributed by atoms with Crippen LogP contribution in [0.1, 0.15) is 18.2 Å². The SMILES string of the molecule is C=N/C(=C\C)c1c(C)[nH]n(C)c1=O. The Morgan fingerprint density at radius 3 is 2.62 bits per heavy atom. The average molecular weight is 179 g/mol. The number of nitrogens with zero attached hydrogens (tertiary/aromatic N) is 2. The van der Waals surface area contributed by atoms with E-state index in [1.54, 1.807) is 13.1 Å². The Hall–Kier alpha value is -1.58. The van der Waals surface area contributed by atoms with Crippen LogP contribution in [0.25, 0.3) is 5.70 Å². The second-order valence-electron chi connectivity index (χ2n) is 2.81. The lowest BCUT2D eigenvalue weighted by molar-refractivity contribution is 0.730. The Bertz CT molecular complexity index is 409. The van der Waals surface area contributed by atoms with E-state index in [9.17, 15) is 4.79 Å². The third-order valence-electron chi connectivity index (χ3n) is 1.93. The summed E-state index contributed by atoms with van der Waals surface area (Å²) in [5, 5.41) is 2.90. The molecule has 0 aliphatic heterocycles. The monoisotopic (exact) mass is 179 g/mol. The van der Waals surface area contributed by atoms with E-state index >= 15 is 0 Å². The van der Waals surface area contributed by atoms with Gasteiger partial charge in [-0.15, -0.1) is 0 Å². The van der Waals surface area contributed by atoms with Gasteiger partial charge in [0.1, 0.15) is 0 Å². The summed E-state index contributed by atoms with van der Waals surface area (Å²) in [6.07, 6.45) is 1.77. The van der Waals surface area contributed by atoms with Crippen molar-refractivity contribution < 1.29 is 0 Å². The molecular weight excluding hydrogens is 166 g/mol. The van der Waals surface area contributed by atoms with Gasteiger partial charge in [-0.2, -0.15) is 0 Å². The molecular formula is C9H13N3O. The predicted octanol–water partition coefficient (Wildman–Crippen LogP) is 1.08. The van der Waals surface area contributed by atoms with E-state index in [0.717, 1.165) is 5.69 Å². The molecule has 0 spiro atoms. The lowest BCUT2D eigenvalue weighted by atomic mass is 10.2. The molecule has 0 aliphatic rings. The number of aryl methyl sites for hydroxylation is 2. The van der Waals surface area contributed by atoms with Crippen LogP contribution in [-0.2, 0) is 7.05 Å². The Balaban J connectivity index is 3.45. The molecule has 1 aromatic heterocycles. The summed E-state index contributed by atoms with van der Waals surface area (Å²) in [4.78, 5) is 15.3. The summed E-state index contributed by atoms with van der Waals surface area (Å²) < 4.78 is 1.43. The van der Waals surface area contributed by atoms with Gasteiger partial charge in [-0.05, 0) is 20.6 Å². The number of allylic oxidation sites excluding steroid dienone is 1. The Kier molecular flexibility index (Phi) is 2.51. The molecule has 0 unspecified atom stereocenters. The van der Waals surface area contributed by atoms with Crippen molar-refractivity contribution in [3.05, 3.63) is 27.7 Å². The number of hydrogen-bond donors (Lipinski definition) is 1. The topological polar surface area (TPSA) is 50.1 Å². The maximum Gasteiger partial charge on any atom is 0.275 e. The molecule has 0 bridgehead atoms. The number of aromatic amines is 1. The van der Waals surface area contributed by atoms with Crippen LogP contribution in [0.15, 0.2) is 15.9 Å². The molecule has 0 aromatic carbocycles. The molecule has 0 saturated heterocycles. The van der Waals surface area contributed by atoms with Gasteiger partial charge in [0.25, 0.3) is 5.56 Å². The van der Waals surface area contributed by atoms with Crippen molar-refractivity contribution in [3.63, 3.8) is 0 Å². The number of rotatable bonds is 2. The Morgan fingerprint density at radius 1 is 1.69 bits per heavy atom. The van der Waals surface area contributed by atoms with E-state index in [2.05, 4.69) is 16.8 Å². The summed E-state index contributed by atoms with van der Waals surface area (Å²) in [6.45, 7) is 7.09. The minimum Gasteiger partial charge on any atom is -0.300 e. The molecule has 4 nitrogen and oxygen atoms in total. The van der Waals surface area contributed by atoms with Gasteiger partial charge in [0.2, 0.25) is 0 Å². The minimum absolute atomic E-state index is 0.0713. The first-order valence-electron chi connectivity index (χ1n) is 4.00. The highest BCUT2D eigenvalue weighted by atomic mass is 16.1. The summed E-state index contributed by atoms with van der Waals surface area (Å²) >= 11 is 0. The number of hydrogen-bond acceptors (Lipinski definition) is 2. The van der Waals surface area contributed by atoms with E-state index in [1.807, 2.05) is 13.8 Å². The first kappa shape index (κ1) is 9.51. The minimum atomic E-state index is -0.0713. The van der Waals surface area contributed by atoms with Crippen molar-refractivity contribution in [1.29, 1.82) is 0 Å². The first-order chi connectivity index (χ1) is 6.11. The van der Waals surface area contributed by atoms with Gasteiger partial charge in [0.15, 0.2) is 0 Å². The molecule has 1 rings (SSSR count). The molecule has 0 fully saturated rings. The number of aromatic nitrogens is 2. The summed E-state index contributed by atoms with van der Waals surface area (Å²) in [7, 11) is 1.68. The smallest absolute Gasteiger partial charge is 0.275 e. The highest BCUT2D eigenvalue weighted by Gasteiger charge is 2.11. The van der Waals surface area contributed by atoms with Crippen molar-refractivity contribution in [3.8, 4) is 0 Å². The second-order valence-corrected chi connectivity index (χ2v) is 2.81. The Morgan fingerprint density at radius 2 is 2.31 bits per heavy atom. The van der Waals surface area contributed by atoms with Crippen LogP contribution >= 0.6 is 0 Å². The lowest BCUT2D eigenvalue weighted by Crippen LogP contribution is -2.14. The zero-order chi connectivity index (χ0) is 10.0. The molecule has 13 heavy (non-hydrogen) atoms. The molecule has 1 N–H and O–H groups in total. The lowest BCUT2D eigenvalue weighted by Gasteiger charge is -1.94. The molecule has 0 radical (unpaired) electrons. The fourth-order valence-electron chi connectivity index (χ4n) is 1.30. The van der Waals surface area contributed by atoms with Gasteiger partial charge < -0.3 is 0 Å². The van der Waals surface area contributed by atoms with E-state index in [-0.39, 0.29) is 5.56 Å². The van der Waals surface area contributed by atoms with Crippen molar-refractivity contribution in [1.82, 2.24) is 9.78 Å². The van der Waals surface area contributed by atoms with Crippen LogP contribution in [0.4, 0.5) is 0 Å². The fourth-order valence-corrected chi connectivity index (χ4v) is 1.30. The van der Waals surface area contributed by atoms with E-state index in [4.69, 9.17) is 0 Å². The van der Waals surface area contributed by atoms with Gasteiger partial charge in [-0.25, -0.2) is 0 Å². The number of H-pyrrole nitrogens is 1. The van der Waals surface area contributed by atoms with Crippen molar-refractivity contribution in [2.45, 2.75) is 13.8 Å². The highest BCUT2D eigenvalue weighted by molar-refractivity contribution is 5.68. The van der Waals surface area contributed by atoms with Crippen LogP contribution in [0, 0.1) is 6.92 Å². The van der Waals surface area contributed by atoms with Gasteiger partial charge in [-0.1, -0.05) is 6.08 Å². The normalized spacial score (nSPS) is 11.8. The zero-order valence-corrected chi connectivity index (χ0v) is 8.09. The standard InChI is InChI=1S/C9H13N3O/c1-5-7(10-3)8-6(2)11-12(4)9(8)13/h5,11H,3H2,1-2,4H3/b7-5-. The van der Waals surface area contributed by atoms with E-state index in [1.165, 1.54) is 4.68 Å². The largest absolute Gasteiger partial charge is 0.300 e. The van der Waals surface area contributed by atoms with Crippen LogP contribution in [0.5, 0.6) is 0 Å². The van der Waals surface area contributed by atoms with Crippen molar-refractivity contribution in [2.24, 2.45) is 12.0 Å². The second kappa shape index (κ2) is 3.43. The fraction of sp³-hybridized carbons (Fsp3) is 0.333. The predicted molar refractivity (Wildman–Crippen MR) is 54.0 cm³/mol. The van der Waals surface area contributed by atoms with Crippen LogP contribution < -0.4 is 5.56 Å².